The Hall–Kier alpha value is -4.15. The smallest absolute Gasteiger partial charge is 0.410 e. The summed E-state index contributed by atoms with van der Waals surface area (Å²) in [5.41, 5.74) is 1.14. The average Bonchev–Trinajstić information content (AvgIpc) is 3.29. The van der Waals surface area contributed by atoms with Crippen LogP contribution in [0.25, 0.3) is 27.8 Å². The third-order valence-corrected chi connectivity index (χ3v) is 6.07. The number of amides is 1. The molecule has 1 saturated heterocycles. The number of rotatable bonds is 5. The summed E-state index contributed by atoms with van der Waals surface area (Å²) in [7, 11) is 0. The van der Waals surface area contributed by atoms with Crippen molar-refractivity contribution in [2.24, 2.45) is 0 Å². The van der Waals surface area contributed by atoms with Gasteiger partial charge in [0.15, 0.2) is 5.65 Å². The molecular weight excluding hydrogens is 468 g/mol. The number of halogens is 2. The Kier molecular flexibility index (Phi) is 6.21. The fourth-order valence-electron chi connectivity index (χ4n) is 4.21. The predicted octanol–water partition coefficient (Wildman–Crippen LogP) is 4.02. The van der Waals surface area contributed by atoms with Gasteiger partial charge in [-0.05, 0) is 19.9 Å². The first-order valence-electron chi connectivity index (χ1n) is 11.5. The van der Waals surface area contributed by atoms with Crippen LogP contribution in [0.1, 0.15) is 13.8 Å². The Morgan fingerprint density at radius 2 is 1.75 bits per heavy atom. The normalized spacial score (nSPS) is 14.3. The molecule has 9 nitrogen and oxygen atoms in total. The molecule has 3 aromatic heterocycles. The van der Waals surface area contributed by atoms with E-state index in [9.17, 15) is 13.6 Å². The number of benzene rings is 1. The first-order valence-corrected chi connectivity index (χ1v) is 11.5. The van der Waals surface area contributed by atoms with Crippen LogP contribution in [-0.4, -0.2) is 74.0 Å². The van der Waals surface area contributed by atoms with Crippen molar-refractivity contribution in [2.45, 2.75) is 19.4 Å². The van der Waals surface area contributed by atoms with E-state index in [2.05, 4.69) is 19.9 Å². The van der Waals surface area contributed by atoms with Crippen LogP contribution in [0.5, 0.6) is 0 Å². The van der Waals surface area contributed by atoms with Gasteiger partial charge in [0.2, 0.25) is 0 Å². The predicted molar refractivity (Wildman–Crippen MR) is 130 cm³/mol. The monoisotopic (exact) mass is 493 g/mol. The van der Waals surface area contributed by atoms with Gasteiger partial charge in [-0.1, -0.05) is 18.2 Å². The van der Waals surface area contributed by atoms with Gasteiger partial charge in [0.25, 0.3) is 0 Å². The topological polar surface area (TPSA) is 89.3 Å². The molecule has 0 bridgehead atoms. The fourth-order valence-corrected chi connectivity index (χ4v) is 4.21. The van der Waals surface area contributed by atoms with E-state index in [4.69, 9.17) is 4.74 Å². The van der Waals surface area contributed by atoms with Gasteiger partial charge in [-0.25, -0.2) is 33.5 Å². The number of ether oxygens (including phenoxy) is 1. The van der Waals surface area contributed by atoms with Crippen molar-refractivity contribution in [1.29, 1.82) is 0 Å². The van der Waals surface area contributed by atoms with Crippen LogP contribution in [-0.2, 0) is 4.74 Å². The minimum atomic E-state index is -1.17. The quantitative estimate of drug-likeness (QED) is 0.415. The second kappa shape index (κ2) is 9.48. The van der Waals surface area contributed by atoms with Crippen LogP contribution in [0.15, 0.2) is 55.5 Å². The maximum absolute atomic E-state index is 14.9. The number of hydrogen-bond donors (Lipinski definition) is 0. The second-order valence-corrected chi connectivity index (χ2v) is 9.12. The maximum Gasteiger partial charge on any atom is 0.410 e. The second-order valence-electron chi connectivity index (χ2n) is 9.12. The molecule has 1 fully saturated rings. The van der Waals surface area contributed by atoms with Gasteiger partial charge in [0.05, 0.1) is 23.5 Å². The molecule has 0 radical (unpaired) electrons. The van der Waals surface area contributed by atoms with Crippen molar-refractivity contribution < 1.29 is 18.3 Å². The third-order valence-electron chi connectivity index (χ3n) is 6.07. The number of anilines is 1. The zero-order valence-corrected chi connectivity index (χ0v) is 19.9. The summed E-state index contributed by atoms with van der Waals surface area (Å²) < 4.78 is 35.1. The summed E-state index contributed by atoms with van der Waals surface area (Å²) in [6, 6.07) is 6.55. The molecule has 186 valence electrons. The van der Waals surface area contributed by atoms with Crippen LogP contribution in [0.2, 0.25) is 0 Å². The summed E-state index contributed by atoms with van der Waals surface area (Å²) in [5.74, 6) is 0.268. The average molecular weight is 494 g/mol. The summed E-state index contributed by atoms with van der Waals surface area (Å²) in [5, 5.41) is 0.682. The van der Waals surface area contributed by atoms with Crippen molar-refractivity contribution in [3.05, 3.63) is 61.3 Å². The molecule has 36 heavy (non-hydrogen) atoms. The van der Waals surface area contributed by atoms with Gasteiger partial charge < -0.3 is 14.5 Å². The van der Waals surface area contributed by atoms with E-state index in [0.29, 0.717) is 59.8 Å². The van der Waals surface area contributed by atoms with Crippen LogP contribution < -0.4 is 4.90 Å². The van der Waals surface area contributed by atoms with E-state index in [0.717, 1.165) is 0 Å². The summed E-state index contributed by atoms with van der Waals surface area (Å²) in [6.45, 7) is 3.97. The standard InChI is InChI=1S/C25H25F2N7O2/c1-25(2,14-26)36-24(35)33-9-7-32(8-10-33)22-21-19(18-5-3-4-6-20(18)27)13-34(23(21)31-16-30-22)17-11-28-15-29-12-17/h3-6,11-13,15-16H,7-10,14H2,1-2H3. The first-order chi connectivity index (χ1) is 17.4. The molecule has 5 rings (SSSR count). The van der Waals surface area contributed by atoms with E-state index in [-0.39, 0.29) is 5.82 Å². The Morgan fingerprint density at radius 3 is 2.44 bits per heavy atom. The Labute approximate surface area is 206 Å². The van der Waals surface area contributed by atoms with Crippen molar-refractivity contribution in [2.75, 3.05) is 37.8 Å². The van der Waals surface area contributed by atoms with Crippen molar-refractivity contribution in [1.82, 2.24) is 29.4 Å². The number of piperazine rings is 1. The van der Waals surface area contributed by atoms with Crippen LogP contribution in [0.3, 0.4) is 0 Å². The van der Waals surface area contributed by atoms with Gasteiger partial charge in [-0.15, -0.1) is 0 Å². The summed E-state index contributed by atoms with van der Waals surface area (Å²) in [4.78, 5) is 33.4. The van der Waals surface area contributed by atoms with Gasteiger partial charge in [-0.2, -0.15) is 0 Å². The highest BCUT2D eigenvalue weighted by atomic mass is 19.1. The van der Waals surface area contributed by atoms with Crippen LogP contribution >= 0.6 is 0 Å². The SMILES string of the molecule is CC(C)(CF)OC(=O)N1CCN(c2ncnc3c2c(-c2ccccc2F)cn3-c2cncnc2)CC1. The van der Waals surface area contributed by atoms with E-state index in [1.54, 1.807) is 35.5 Å². The molecule has 0 unspecified atom stereocenters. The molecule has 0 N–H and O–H groups in total. The Bertz CT molecular complexity index is 1390. The van der Waals surface area contributed by atoms with Gasteiger partial charge in [-0.3, -0.25) is 4.57 Å². The van der Waals surface area contributed by atoms with Crippen molar-refractivity contribution in [3.8, 4) is 16.8 Å². The van der Waals surface area contributed by atoms with Crippen molar-refractivity contribution >= 4 is 22.9 Å². The molecular formula is C25H25F2N7O2. The molecule has 1 amide bonds. The van der Waals surface area contributed by atoms with E-state index < -0.39 is 18.4 Å². The molecule has 0 aliphatic carbocycles. The van der Waals surface area contributed by atoms with E-state index in [1.165, 1.54) is 32.6 Å². The number of carbonyl (C=O) groups excluding carboxylic acids is 1. The van der Waals surface area contributed by atoms with E-state index in [1.807, 2.05) is 15.7 Å². The molecule has 1 aliphatic heterocycles. The van der Waals surface area contributed by atoms with Crippen LogP contribution in [0, 0.1) is 5.82 Å². The van der Waals surface area contributed by atoms with Gasteiger partial charge >= 0.3 is 6.09 Å². The number of alkyl halides is 1. The molecule has 1 aliphatic rings. The largest absolute Gasteiger partial charge is 0.441 e. The first kappa shape index (κ1) is 23.6. The summed E-state index contributed by atoms with van der Waals surface area (Å²) >= 11 is 0. The maximum atomic E-state index is 14.9. The molecule has 0 spiro atoms. The lowest BCUT2D eigenvalue weighted by atomic mass is 10.1. The number of hydrogen-bond acceptors (Lipinski definition) is 7. The molecule has 1 aromatic carbocycles. The molecule has 4 aromatic rings. The Morgan fingerprint density at radius 1 is 1.03 bits per heavy atom. The van der Waals surface area contributed by atoms with Gasteiger partial charge in [0, 0.05) is 43.5 Å². The molecule has 0 atom stereocenters. The number of nitrogens with zero attached hydrogens (tertiary/aromatic N) is 7. The lowest BCUT2D eigenvalue weighted by Gasteiger charge is -2.36. The summed E-state index contributed by atoms with van der Waals surface area (Å²) in [6.07, 6.45) is 7.48. The number of fused-ring (bicyclic) bond motifs is 1. The molecule has 4 heterocycles. The highest BCUT2D eigenvalue weighted by Crippen LogP contribution is 2.37. The fraction of sp³-hybridized carbons (Fsp3) is 0.320. The van der Waals surface area contributed by atoms with Crippen molar-refractivity contribution in [3.63, 3.8) is 0 Å². The molecule has 11 heteroatoms. The lowest BCUT2D eigenvalue weighted by Crippen LogP contribution is -2.50. The highest BCUT2D eigenvalue weighted by molar-refractivity contribution is 6.02. The zero-order chi connectivity index (χ0) is 25.3. The Balaban J connectivity index is 1.53. The minimum absolute atomic E-state index is 0.362. The zero-order valence-electron chi connectivity index (χ0n) is 19.9. The lowest BCUT2D eigenvalue weighted by molar-refractivity contribution is -0.00165. The minimum Gasteiger partial charge on any atom is -0.441 e. The molecule has 0 saturated carbocycles. The number of carbonyl (C=O) groups is 1. The van der Waals surface area contributed by atoms with Crippen LogP contribution in [0.4, 0.5) is 19.4 Å². The highest BCUT2D eigenvalue weighted by Gasteiger charge is 2.30. The van der Waals surface area contributed by atoms with E-state index >= 15 is 0 Å². The third kappa shape index (κ3) is 4.43. The van der Waals surface area contributed by atoms with Gasteiger partial charge in [0.1, 0.15) is 36.6 Å². The number of aromatic nitrogens is 5.